The van der Waals surface area contributed by atoms with Crippen LogP contribution >= 0.6 is 11.3 Å². The van der Waals surface area contributed by atoms with Gasteiger partial charge in [-0.1, -0.05) is 0 Å². The Morgan fingerprint density at radius 3 is 2.94 bits per heavy atom. The van der Waals surface area contributed by atoms with Crippen molar-refractivity contribution in [3.8, 4) is 0 Å². The molecule has 18 heavy (non-hydrogen) atoms. The predicted octanol–water partition coefficient (Wildman–Crippen LogP) is 2.41. The van der Waals surface area contributed by atoms with Crippen LogP contribution in [0.15, 0.2) is 36.2 Å². The van der Waals surface area contributed by atoms with E-state index in [1.54, 1.807) is 17.5 Å². The Morgan fingerprint density at radius 2 is 2.22 bits per heavy atom. The van der Waals surface area contributed by atoms with Crippen molar-refractivity contribution in [2.45, 2.75) is 13.0 Å². The van der Waals surface area contributed by atoms with Crippen LogP contribution in [-0.2, 0) is 0 Å². The molecular weight excluding hydrogens is 244 g/mol. The van der Waals surface area contributed by atoms with Gasteiger partial charge in [-0.3, -0.25) is 4.98 Å². The van der Waals surface area contributed by atoms with Crippen molar-refractivity contribution in [2.24, 2.45) is 0 Å². The van der Waals surface area contributed by atoms with Gasteiger partial charge in [0, 0.05) is 22.8 Å². The first-order valence-corrected chi connectivity index (χ1v) is 6.67. The molecule has 3 aromatic heterocycles. The van der Waals surface area contributed by atoms with E-state index in [4.69, 9.17) is 0 Å². The maximum atomic E-state index is 4.37. The molecule has 0 radical (unpaired) electrons. The number of aryl methyl sites for hydroxylation is 1. The molecule has 0 amide bonds. The molecule has 3 heterocycles. The average Bonchev–Trinajstić information content (AvgIpc) is 2.99. The number of fused-ring (bicyclic) bond motifs is 1. The molecular formula is C13H14N4S. The summed E-state index contributed by atoms with van der Waals surface area (Å²) in [6.45, 7) is 2.15. The normalized spacial score (nSPS) is 13.0. The van der Waals surface area contributed by atoms with Crippen molar-refractivity contribution in [3.63, 3.8) is 0 Å². The van der Waals surface area contributed by atoms with Gasteiger partial charge in [0.2, 0.25) is 0 Å². The average molecular weight is 258 g/mol. The highest BCUT2D eigenvalue weighted by molar-refractivity contribution is 7.10. The second-order valence-corrected chi connectivity index (χ2v) is 5.28. The first kappa shape index (κ1) is 11.4. The smallest absolute Gasteiger partial charge is 0.0896 e. The summed E-state index contributed by atoms with van der Waals surface area (Å²) in [6, 6.07) is 2.33. The van der Waals surface area contributed by atoms with E-state index in [1.165, 1.54) is 10.4 Å². The Hall–Kier alpha value is -1.72. The summed E-state index contributed by atoms with van der Waals surface area (Å²) in [6.07, 6.45) is 7.38. The van der Waals surface area contributed by atoms with E-state index >= 15 is 0 Å². The molecule has 0 aliphatic rings. The van der Waals surface area contributed by atoms with Crippen molar-refractivity contribution >= 4 is 16.9 Å². The van der Waals surface area contributed by atoms with Gasteiger partial charge in [0.15, 0.2) is 0 Å². The highest BCUT2D eigenvalue weighted by atomic mass is 32.1. The lowest BCUT2D eigenvalue weighted by atomic mass is 10.0. The van der Waals surface area contributed by atoms with Crippen LogP contribution in [0.2, 0.25) is 0 Å². The Bertz CT molecular complexity index is 670. The zero-order valence-electron chi connectivity index (χ0n) is 10.3. The fraction of sp³-hybridized carbons (Fsp3) is 0.231. The van der Waals surface area contributed by atoms with Crippen LogP contribution in [0.25, 0.3) is 5.52 Å². The summed E-state index contributed by atoms with van der Waals surface area (Å²) in [5, 5.41) is 9.86. The van der Waals surface area contributed by atoms with Crippen molar-refractivity contribution in [1.29, 1.82) is 0 Å². The molecule has 0 aromatic carbocycles. The van der Waals surface area contributed by atoms with Crippen LogP contribution in [-0.4, -0.2) is 21.6 Å². The summed E-state index contributed by atoms with van der Waals surface area (Å²) in [4.78, 5) is 5.51. The molecule has 0 aliphatic carbocycles. The van der Waals surface area contributed by atoms with Crippen LogP contribution in [0.4, 0.5) is 0 Å². The van der Waals surface area contributed by atoms with E-state index in [0.717, 1.165) is 11.1 Å². The first-order chi connectivity index (χ1) is 8.81. The van der Waals surface area contributed by atoms with Crippen molar-refractivity contribution in [1.82, 2.24) is 19.9 Å². The standard InChI is InChI=1S/C13H14N4S/c1-9-10(3-6-18-9)13(14-2)11-7-16-17-5-4-15-8-12(11)17/h3-8,13-14H,1-2H3. The quantitative estimate of drug-likeness (QED) is 0.784. The first-order valence-electron chi connectivity index (χ1n) is 5.79. The van der Waals surface area contributed by atoms with Crippen molar-refractivity contribution in [2.75, 3.05) is 7.05 Å². The molecule has 1 atom stereocenters. The third-order valence-corrected chi connectivity index (χ3v) is 4.03. The van der Waals surface area contributed by atoms with E-state index in [-0.39, 0.29) is 6.04 Å². The predicted molar refractivity (Wildman–Crippen MR) is 72.9 cm³/mol. The number of hydrogen-bond acceptors (Lipinski definition) is 4. The Balaban J connectivity index is 2.15. The highest BCUT2D eigenvalue weighted by Gasteiger charge is 2.19. The van der Waals surface area contributed by atoms with Gasteiger partial charge in [-0.25, -0.2) is 4.52 Å². The van der Waals surface area contributed by atoms with Gasteiger partial charge in [0.25, 0.3) is 0 Å². The number of hydrogen-bond donors (Lipinski definition) is 1. The molecule has 0 bridgehead atoms. The number of nitrogens with zero attached hydrogens (tertiary/aromatic N) is 3. The monoisotopic (exact) mass is 258 g/mol. The maximum Gasteiger partial charge on any atom is 0.0896 e. The van der Waals surface area contributed by atoms with Gasteiger partial charge in [0.1, 0.15) is 0 Å². The molecule has 0 saturated carbocycles. The lowest BCUT2D eigenvalue weighted by Gasteiger charge is -2.15. The van der Waals surface area contributed by atoms with E-state index in [0.29, 0.717) is 0 Å². The molecule has 4 nitrogen and oxygen atoms in total. The SMILES string of the molecule is CNC(c1ccsc1C)c1cnn2ccncc12. The second kappa shape index (κ2) is 4.51. The fourth-order valence-electron chi connectivity index (χ4n) is 2.25. The Labute approximate surface area is 109 Å². The number of nitrogens with one attached hydrogen (secondary N) is 1. The molecule has 92 valence electrons. The van der Waals surface area contributed by atoms with Gasteiger partial charge < -0.3 is 5.32 Å². The molecule has 0 fully saturated rings. The minimum absolute atomic E-state index is 0.165. The summed E-state index contributed by atoms with van der Waals surface area (Å²) < 4.78 is 1.86. The lowest BCUT2D eigenvalue weighted by Crippen LogP contribution is -2.17. The summed E-state index contributed by atoms with van der Waals surface area (Å²) in [7, 11) is 1.97. The molecule has 5 heteroatoms. The van der Waals surface area contributed by atoms with Crippen molar-refractivity contribution < 1.29 is 0 Å². The van der Waals surface area contributed by atoms with Crippen LogP contribution in [0.1, 0.15) is 22.0 Å². The van der Waals surface area contributed by atoms with Crippen LogP contribution in [0.5, 0.6) is 0 Å². The van der Waals surface area contributed by atoms with Gasteiger partial charge in [-0.05, 0) is 31.0 Å². The third-order valence-electron chi connectivity index (χ3n) is 3.16. The summed E-state index contributed by atoms with van der Waals surface area (Å²) in [5.74, 6) is 0. The summed E-state index contributed by atoms with van der Waals surface area (Å²) >= 11 is 1.77. The van der Waals surface area contributed by atoms with Gasteiger partial charge in [-0.15, -0.1) is 11.3 Å². The number of rotatable bonds is 3. The topological polar surface area (TPSA) is 42.2 Å². The molecule has 0 aliphatic heterocycles. The minimum atomic E-state index is 0.165. The minimum Gasteiger partial charge on any atom is -0.309 e. The molecule has 0 saturated heterocycles. The lowest BCUT2D eigenvalue weighted by molar-refractivity contribution is 0.695. The van der Waals surface area contributed by atoms with Crippen LogP contribution in [0, 0.1) is 6.92 Å². The van der Waals surface area contributed by atoms with Gasteiger partial charge >= 0.3 is 0 Å². The van der Waals surface area contributed by atoms with E-state index in [1.807, 2.05) is 30.2 Å². The molecule has 3 aromatic rings. The van der Waals surface area contributed by atoms with E-state index < -0.39 is 0 Å². The number of thiophene rings is 1. The number of aromatic nitrogens is 3. The molecule has 3 rings (SSSR count). The zero-order chi connectivity index (χ0) is 12.5. The van der Waals surface area contributed by atoms with Crippen LogP contribution < -0.4 is 5.32 Å². The molecule has 0 spiro atoms. The molecule has 1 unspecified atom stereocenters. The van der Waals surface area contributed by atoms with Crippen molar-refractivity contribution in [3.05, 3.63) is 52.2 Å². The third kappa shape index (κ3) is 1.72. The van der Waals surface area contributed by atoms with E-state index in [9.17, 15) is 0 Å². The fourth-order valence-corrected chi connectivity index (χ4v) is 2.99. The highest BCUT2D eigenvalue weighted by Crippen LogP contribution is 2.29. The Morgan fingerprint density at radius 1 is 1.33 bits per heavy atom. The van der Waals surface area contributed by atoms with Gasteiger partial charge in [0.05, 0.1) is 24.0 Å². The van der Waals surface area contributed by atoms with Gasteiger partial charge in [-0.2, -0.15) is 5.10 Å². The molecule has 1 N–H and O–H groups in total. The largest absolute Gasteiger partial charge is 0.309 e. The second-order valence-electron chi connectivity index (χ2n) is 4.16. The Kier molecular flexibility index (Phi) is 2.85. The van der Waals surface area contributed by atoms with Crippen LogP contribution in [0.3, 0.4) is 0 Å². The summed E-state index contributed by atoms with van der Waals surface area (Å²) in [5.41, 5.74) is 3.51. The zero-order valence-corrected chi connectivity index (χ0v) is 11.1. The maximum absolute atomic E-state index is 4.37. The van der Waals surface area contributed by atoms with E-state index in [2.05, 4.69) is 33.8 Å².